The third-order valence-electron chi connectivity index (χ3n) is 6.61. The van der Waals surface area contributed by atoms with Crippen molar-refractivity contribution in [3.63, 3.8) is 0 Å². The van der Waals surface area contributed by atoms with E-state index in [0.717, 1.165) is 49.3 Å². The van der Waals surface area contributed by atoms with Crippen molar-refractivity contribution in [1.82, 2.24) is 25.5 Å². The first kappa shape index (κ1) is 24.8. The van der Waals surface area contributed by atoms with E-state index in [0.29, 0.717) is 28.5 Å². The van der Waals surface area contributed by atoms with Gasteiger partial charge in [0.15, 0.2) is 0 Å². The van der Waals surface area contributed by atoms with Crippen LogP contribution in [0.5, 0.6) is 0 Å². The van der Waals surface area contributed by atoms with Crippen LogP contribution in [-0.2, 0) is 6.18 Å². The Balaban J connectivity index is 1.55. The summed E-state index contributed by atoms with van der Waals surface area (Å²) in [6, 6.07) is 18.7. The Labute approximate surface area is 213 Å². The highest BCUT2D eigenvalue weighted by Crippen LogP contribution is 2.36. The second-order valence-electron chi connectivity index (χ2n) is 9.18. The minimum absolute atomic E-state index is 0.0484. The quantitative estimate of drug-likeness (QED) is 0.323. The highest BCUT2D eigenvalue weighted by atomic mass is 19.4. The zero-order valence-corrected chi connectivity index (χ0v) is 20.3. The van der Waals surface area contributed by atoms with Crippen molar-refractivity contribution >= 4 is 5.95 Å². The molecule has 2 N–H and O–H groups in total. The molecule has 1 aliphatic rings. The Morgan fingerprint density at radius 3 is 2.49 bits per heavy atom. The molecule has 1 fully saturated rings. The SMILES string of the molecule is C[C@H](Nc1nccc(-c2nnc(C3CCNCC3)cc2-c2cccc(C(F)(F)F)c2)n1)c1ccccc1. The smallest absolute Gasteiger partial charge is 0.348 e. The fourth-order valence-electron chi connectivity index (χ4n) is 4.58. The monoisotopic (exact) mass is 504 g/mol. The number of nitrogens with zero attached hydrogens (tertiary/aromatic N) is 4. The van der Waals surface area contributed by atoms with Crippen LogP contribution in [-0.4, -0.2) is 33.3 Å². The summed E-state index contributed by atoms with van der Waals surface area (Å²) in [5.74, 6) is 0.592. The number of halogens is 3. The minimum Gasteiger partial charge on any atom is -0.348 e. The molecule has 0 bridgehead atoms. The largest absolute Gasteiger partial charge is 0.416 e. The fraction of sp³-hybridized carbons (Fsp3) is 0.286. The normalized spacial score (nSPS) is 15.4. The summed E-state index contributed by atoms with van der Waals surface area (Å²) in [6.07, 6.45) is -1.04. The van der Waals surface area contributed by atoms with Crippen LogP contribution in [0.3, 0.4) is 0 Å². The maximum absolute atomic E-state index is 13.5. The summed E-state index contributed by atoms with van der Waals surface area (Å²) in [4.78, 5) is 9.00. The van der Waals surface area contributed by atoms with Crippen LogP contribution in [0, 0.1) is 0 Å². The van der Waals surface area contributed by atoms with E-state index in [1.54, 1.807) is 18.3 Å². The lowest BCUT2D eigenvalue weighted by Crippen LogP contribution is -2.27. The number of piperidine rings is 1. The second kappa shape index (κ2) is 10.6. The van der Waals surface area contributed by atoms with Crippen molar-refractivity contribution in [3.05, 3.63) is 89.7 Å². The second-order valence-corrected chi connectivity index (χ2v) is 9.18. The van der Waals surface area contributed by atoms with Gasteiger partial charge in [0.05, 0.1) is 23.0 Å². The van der Waals surface area contributed by atoms with Gasteiger partial charge in [-0.25, -0.2) is 9.97 Å². The molecule has 6 nitrogen and oxygen atoms in total. The van der Waals surface area contributed by atoms with Gasteiger partial charge in [-0.1, -0.05) is 42.5 Å². The lowest BCUT2D eigenvalue weighted by atomic mass is 9.91. The number of benzene rings is 2. The van der Waals surface area contributed by atoms with Gasteiger partial charge in [0.2, 0.25) is 5.95 Å². The molecule has 4 aromatic rings. The molecular formula is C28H27F3N6. The van der Waals surface area contributed by atoms with Crippen molar-refractivity contribution in [2.75, 3.05) is 18.4 Å². The summed E-state index contributed by atoms with van der Waals surface area (Å²) in [6.45, 7) is 3.74. The molecule has 2 aromatic carbocycles. The number of rotatable bonds is 6. The Bertz CT molecular complexity index is 1350. The van der Waals surface area contributed by atoms with Crippen molar-refractivity contribution in [2.24, 2.45) is 0 Å². The highest BCUT2D eigenvalue weighted by molar-refractivity contribution is 5.79. The minimum atomic E-state index is -4.45. The molecule has 1 aliphatic heterocycles. The number of nitrogens with one attached hydrogen (secondary N) is 2. The summed E-state index contributed by atoms with van der Waals surface area (Å²) in [5, 5.41) is 15.6. The van der Waals surface area contributed by atoms with Gasteiger partial charge < -0.3 is 10.6 Å². The van der Waals surface area contributed by atoms with Crippen molar-refractivity contribution in [2.45, 2.75) is 37.9 Å². The predicted molar refractivity (Wildman–Crippen MR) is 137 cm³/mol. The number of aromatic nitrogens is 4. The van der Waals surface area contributed by atoms with Gasteiger partial charge in [0, 0.05) is 17.7 Å². The van der Waals surface area contributed by atoms with Gasteiger partial charge in [-0.2, -0.15) is 18.3 Å². The molecule has 0 amide bonds. The van der Waals surface area contributed by atoms with Crippen LogP contribution >= 0.6 is 0 Å². The molecule has 1 saturated heterocycles. The summed E-state index contributed by atoms with van der Waals surface area (Å²) in [5.41, 5.74) is 3.02. The molecule has 0 saturated carbocycles. The Hall–Kier alpha value is -3.85. The zero-order chi connectivity index (χ0) is 25.8. The average Bonchev–Trinajstić information content (AvgIpc) is 2.93. The molecule has 5 rings (SSSR count). The first-order valence-electron chi connectivity index (χ1n) is 12.3. The summed E-state index contributed by atoms with van der Waals surface area (Å²) >= 11 is 0. The molecule has 9 heteroatoms. The topological polar surface area (TPSA) is 75.6 Å². The number of alkyl halides is 3. The van der Waals surface area contributed by atoms with Crippen molar-refractivity contribution in [1.29, 1.82) is 0 Å². The third kappa shape index (κ3) is 5.77. The first-order valence-corrected chi connectivity index (χ1v) is 12.3. The zero-order valence-electron chi connectivity index (χ0n) is 20.3. The van der Waals surface area contributed by atoms with Gasteiger partial charge in [-0.15, -0.1) is 5.10 Å². The van der Waals surface area contributed by atoms with E-state index < -0.39 is 11.7 Å². The maximum Gasteiger partial charge on any atom is 0.416 e. The molecule has 3 heterocycles. The third-order valence-corrected chi connectivity index (χ3v) is 6.61. The van der Waals surface area contributed by atoms with Gasteiger partial charge in [-0.05, 0) is 68.2 Å². The van der Waals surface area contributed by atoms with E-state index in [-0.39, 0.29) is 12.0 Å². The lowest BCUT2D eigenvalue weighted by molar-refractivity contribution is -0.137. The van der Waals surface area contributed by atoms with E-state index >= 15 is 0 Å². The van der Waals surface area contributed by atoms with E-state index in [4.69, 9.17) is 0 Å². The molecule has 0 aliphatic carbocycles. The van der Waals surface area contributed by atoms with Crippen molar-refractivity contribution < 1.29 is 13.2 Å². The molecule has 0 spiro atoms. The summed E-state index contributed by atoms with van der Waals surface area (Å²) < 4.78 is 40.6. The van der Waals surface area contributed by atoms with Gasteiger partial charge in [0.25, 0.3) is 0 Å². The molecule has 0 unspecified atom stereocenters. The van der Waals surface area contributed by atoms with Crippen LogP contribution in [0.4, 0.5) is 19.1 Å². The Kier molecular flexibility index (Phi) is 7.14. The average molecular weight is 505 g/mol. The maximum atomic E-state index is 13.5. The lowest BCUT2D eigenvalue weighted by Gasteiger charge is -2.22. The fourth-order valence-corrected chi connectivity index (χ4v) is 4.58. The van der Waals surface area contributed by atoms with E-state index in [9.17, 15) is 13.2 Å². The van der Waals surface area contributed by atoms with E-state index in [1.807, 2.05) is 43.3 Å². The molecule has 37 heavy (non-hydrogen) atoms. The standard InChI is InChI=1S/C28H27F3N6/c1-18(19-6-3-2-4-7-19)34-27-33-15-12-24(35-27)26-23(21-8-5-9-22(16-21)28(29,30)31)17-25(36-37-26)20-10-13-32-14-11-20/h2-9,12,15-18,20,32H,10-11,13-14H2,1H3,(H,33,34,35)/t18-/m0/s1. The van der Waals surface area contributed by atoms with Crippen LogP contribution in [0.25, 0.3) is 22.5 Å². The molecular weight excluding hydrogens is 477 g/mol. The first-order chi connectivity index (χ1) is 17.9. The van der Waals surface area contributed by atoms with E-state index in [1.165, 1.54) is 6.07 Å². The van der Waals surface area contributed by atoms with Gasteiger partial charge in [0.1, 0.15) is 5.69 Å². The van der Waals surface area contributed by atoms with Crippen molar-refractivity contribution in [3.8, 4) is 22.5 Å². The molecule has 1 atom stereocenters. The molecule has 2 aromatic heterocycles. The number of hydrogen-bond donors (Lipinski definition) is 2. The molecule has 0 radical (unpaired) electrons. The van der Waals surface area contributed by atoms with Crippen LogP contribution in [0.1, 0.15) is 48.5 Å². The molecule has 190 valence electrons. The van der Waals surface area contributed by atoms with Gasteiger partial charge in [-0.3, -0.25) is 0 Å². The Morgan fingerprint density at radius 2 is 1.73 bits per heavy atom. The number of hydrogen-bond acceptors (Lipinski definition) is 6. The van der Waals surface area contributed by atoms with E-state index in [2.05, 4.69) is 30.8 Å². The summed E-state index contributed by atoms with van der Waals surface area (Å²) in [7, 11) is 0. The number of anilines is 1. The van der Waals surface area contributed by atoms with Gasteiger partial charge >= 0.3 is 6.18 Å². The van der Waals surface area contributed by atoms with Crippen LogP contribution < -0.4 is 10.6 Å². The highest BCUT2D eigenvalue weighted by Gasteiger charge is 2.31. The van der Waals surface area contributed by atoms with Crippen LogP contribution in [0.2, 0.25) is 0 Å². The van der Waals surface area contributed by atoms with Crippen LogP contribution in [0.15, 0.2) is 72.9 Å². The Morgan fingerprint density at radius 1 is 0.946 bits per heavy atom. The predicted octanol–water partition coefficient (Wildman–Crippen LogP) is 6.26.